The molecule has 2 heterocycles. The van der Waals surface area contributed by atoms with Gasteiger partial charge in [0.15, 0.2) is 5.82 Å². The minimum atomic E-state index is -0.453. The lowest BCUT2D eigenvalue weighted by molar-refractivity contribution is 0.0932. The molecule has 2 aromatic heterocycles. The SMILES string of the molecule is Cc1noc(C(C)NC(=O)c2c(C)nn(Cc3ccccc3Cl)c2Cl)n1. The van der Waals surface area contributed by atoms with Gasteiger partial charge >= 0.3 is 0 Å². The van der Waals surface area contributed by atoms with Crippen molar-refractivity contribution in [2.45, 2.75) is 33.4 Å². The number of carbonyl (C=O) groups is 1. The van der Waals surface area contributed by atoms with E-state index in [4.69, 9.17) is 27.7 Å². The van der Waals surface area contributed by atoms with Gasteiger partial charge in [-0.3, -0.25) is 4.79 Å². The average Bonchev–Trinajstić information content (AvgIpc) is 3.13. The molecule has 0 radical (unpaired) electrons. The lowest BCUT2D eigenvalue weighted by atomic mass is 10.2. The molecule has 1 aromatic carbocycles. The molecule has 0 saturated carbocycles. The molecule has 3 aromatic rings. The molecule has 0 aliphatic rings. The van der Waals surface area contributed by atoms with Crippen molar-refractivity contribution in [3.63, 3.8) is 0 Å². The van der Waals surface area contributed by atoms with Gasteiger partial charge in [0.1, 0.15) is 11.2 Å². The standard InChI is InChI=1S/C17H17Cl2N5O2/c1-9-14(16(25)20-10(2)17-21-11(3)23-26-17)15(19)24(22-9)8-12-6-4-5-7-13(12)18/h4-7,10H,8H2,1-3H3,(H,20,25). The smallest absolute Gasteiger partial charge is 0.256 e. The minimum Gasteiger partial charge on any atom is -0.340 e. The first kappa shape index (κ1) is 18.4. The third kappa shape index (κ3) is 3.73. The molecule has 3 rings (SSSR count). The highest BCUT2D eigenvalue weighted by molar-refractivity contribution is 6.33. The Labute approximate surface area is 160 Å². The second kappa shape index (κ2) is 7.47. The molecule has 0 fully saturated rings. The van der Waals surface area contributed by atoms with Crippen molar-refractivity contribution < 1.29 is 9.32 Å². The van der Waals surface area contributed by atoms with E-state index < -0.39 is 6.04 Å². The number of hydrogen-bond acceptors (Lipinski definition) is 5. The summed E-state index contributed by atoms with van der Waals surface area (Å²) in [5.41, 5.74) is 1.69. The molecule has 1 amide bonds. The Morgan fingerprint density at radius 1 is 1.31 bits per heavy atom. The first-order valence-corrected chi connectivity index (χ1v) is 8.69. The normalized spacial score (nSPS) is 12.2. The van der Waals surface area contributed by atoms with Gasteiger partial charge in [-0.1, -0.05) is 46.6 Å². The van der Waals surface area contributed by atoms with Crippen LogP contribution >= 0.6 is 23.2 Å². The number of nitrogens with zero attached hydrogens (tertiary/aromatic N) is 4. The van der Waals surface area contributed by atoms with Gasteiger partial charge in [-0.2, -0.15) is 10.1 Å². The summed E-state index contributed by atoms with van der Waals surface area (Å²) < 4.78 is 6.63. The van der Waals surface area contributed by atoms with Crippen LogP contribution in [0, 0.1) is 13.8 Å². The summed E-state index contributed by atoms with van der Waals surface area (Å²) in [6.45, 7) is 5.56. The number of benzene rings is 1. The van der Waals surface area contributed by atoms with Gasteiger partial charge in [-0.15, -0.1) is 0 Å². The third-order valence-electron chi connectivity index (χ3n) is 3.83. The van der Waals surface area contributed by atoms with Crippen molar-refractivity contribution in [2.24, 2.45) is 0 Å². The number of hydrogen-bond donors (Lipinski definition) is 1. The molecule has 136 valence electrons. The summed E-state index contributed by atoms with van der Waals surface area (Å²) in [5, 5.41) is 11.7. The molecule has 7 nitrogen and oxygen atoms in total. The van der Waals surface area contributed by atoms with Crippen LogP contribution in [0.2, 0.25) is 10.2 Å². The summed E-state index contributed by atoms with van der Waals surface area (Å²) in [6.07, 6.45) is 0. The van der Waals surface area contributed by atoms with Gasteiger partial charge in [0, 0.05) is 5.02 Å². The number of carbonyl (C=O) groups excluding carboxylic acids is 1. The molecule has 1 unspecified atom stereocenters. The molecule has 26 heavy (non-hydrogen) atoms. The van der Waals surface area contributed by atoms with Crippen molar-refractivity contribution in [1.29, 1.82) is 0 Å². The number of aryl methyl sites for hydroxylation is 2. The first-order chi connectivity index (χ1) is 12.4. The summed E-state index contributed by atoms with van der Waals surface area (Å²) in [5.74, 6) is 0.470. The van der Waals surface area contributed by atoms with Gasteiger partial charge in [0.05, 0.1) is 17.8 Å². The monoisotopic (exact) mass is 393 g/mol. The largest absolute Gasteiger partial charge is 0.340 e. The summed E-state index contributed by atoms with van der Waals surface area (Å²) in [6, 6.07) is 6.96. The van der Waals surface area contributed by atoms with Gasteiger partial charge in [-0.25, -0.2) is 4.68 Å². The molecule has 0 spiro atoms. The van der Waals surface area contributed by atoms with Crippen LogP contribution in [0.15, 0.2) is 28.8 Å². The number of aromatic nitrogens is 4. The number of nitrogens with one attached hydrogen (secondary N) is 1. The predicted molar refractivity (Wildman–Crippen MR) is 97.4 cm³/mol. The van der Waals surface area contributed by atoms with Crippen LogP contribution < -0.4 is 5.32 Å². The Balaban J connectivity index is 1.81. The quantitative estimate of drug-likeness (QED) is 0.713. The van der Waals surface area contributed by atoms with E-state index in [1.807, 2.05) is 18.2 Å². The highest BCUT2D eigenvalue weighted by Gasteiger charge is 2.24. The summed E-state index contributed by atoms with van der Waals surface area (Å²) in [4.78, 5) is 16.8. The molecule has 1 N–H and O–H groups in total. The van der Waals surface area contributed by atoms with Crippen molar-refractivity contribution >= 4 is 29.1 Å². The Morgan fingerprint density at radius 2 is 2.04 bits per heavy atom. The van der Waals surface area contributed by atoms with Crippen molar-refractivity contribution in [3.8, 4) is 0 Å². The van der Waals surface area contributed by atoms with Crippen LogP contribution in [-0.2, 0) is 6.54 Å². The highest BCUT2D eigenvalue weighted by Crippen LogP contribution is 2.24. The van der Waals surface area contributed by atoms with Crippen LogP contribution in [0.5, 0.6) is 0 Å². The Bertz CT molecular complexity index is 951. The lowest BCUT2D eigenvalue weighted by Gasteiger charge is -2.10. The fourth-order valence-electron chi connectivity index (χ4n) is 2.52. The number of halogens is 2. The maximum atomic E-state index is 12.6. The topological polar surface area (TPSA) is 85.8 Å². The third-order valence-corrected chi connectivity index (χ3v) is 4.58. The van der Waals surface area contributed by atoms with Crippen molar-refractivity contribution in [2.75, 3.05) is 0 Å². The number of amides is 1. The van der Waals surface area contributed by atoms with Crippen LogP contribution in [0.1, 0.15) is 46.3 Å². The van der Waals surface area contributed by atoms with E-state index in [1.54, 1.807) is 31.5 Å². The fraction of sp³-hybridized carbons (Fsp3) is 0.294. The zero-order valence-corrected chi connectivity index (χ0v) is 16.0. The maximum absolute atomic E-state index is 12.6. The van der Waals surface area contributed by atoms with Crippen LogP contribution in [0.4, 0.5) is 0 Å². The van der Waals surface area contributed by atoms with E-state index in [1.165, 1.54) is 0 Å². The fourth-order valence-corrected chi connectivity index (χ4v) is 3.04. The van der Waals surface area contributed by atoms with E-state index in [2.05, 4.69) is 20.6 Å². The Hall–Kier alpha value is -2.38. The van der Waals surface area contributed by atoms with Crippen molar-refractivity contribution in [1.82, 2.24) is 25.2 Å². The van der Waals surface area contributed by atoms with E-state index in [-0.39, 0.29) is 11.1 Å². The molecule has 9 heteroatoms. The minimum absolute atomic E-state index is 0.244. The first-order valence-electron chi connectivity index (χ1n) is 7.94. The summed E-state index contributed by atoms with van der Waals surface area (Å²) >= 11 is 12.6. The van der Waals surface area contributed by atoms with Crippen LogP contribution in [-0.4, -0.2) is 25.8 Å². The van der Waals surface area contributed by atoms with E-state index in [9.17, 15) is 4.79 Å². The second-order valence-corrected chi connectivity index (χ2v) is 6.64. The van der Waals surface area contributed by atoms with E-state index in [0.717, 1.165) is 5.56 Å². The molecule has 0 aliphatic carbocycles. The van der Waals surface area contributed by atoms with Gasteiger partial charge < -0.3 is 9.84 Å². The zero-order chi connectivity index (χ0) is 18.8. The summed E-state index contributed by atoms with van der Waals surface area (Å²) in [7, 11) is 0. The van der Waals surface area contributed by atoms with Gasteiger partial charge in [0.25, 0.3) is 5.91 Å². The lowest BCUT2D eigenvalue weighted by Crippen LogP contribution is -2.27. The molecule has 0 aliphatic heterocycles. The van der Waals surface area contributed by atoms with Gasteiger partial charge in [-0.05, 0) is 32.4 Å². The highest BCUT2D eigenvalue weighted by atomic mass is 35.5. The van der Waals surface area contributed by atoms with Gasteiger partial charge in [0.2, 0.25) is 5.89 Å². The molecule has 0 saturated heterocycles. The van der Waals surface area contributed by atoms with Crippen molar-refractivity contribution in [3.05, 3.63) is 63.0 Å². The second-order valence-electron chi connectivity index (χ2n) is 5.88. The molecular formula is C17H17Cl2N5O2. The molecule has 0 bridgehead atoms. The van der Waals surface area contributed by atoms with Crippen LogP contribution in [0.25, 0.3) is 0 Å². The van der Waals surface area contributed by atoms with E-state index in [0.29, 0.717) is 34.5 Å². The average molecular weight is 394 g/mol. The maximum Gasteiger partial charge on any atom is 0.256 e. The van der Waals surface area contributed by atoms with E-state index >= 15 is 0 Å². The molecule has 1 atom stereocenters. The predicted octanol–water partition coefficient (Wildman–Crippen LogP) is 3.73. The molecular weight excluding hydrogens is 377 g/mol. The van der Waals surface area contributed by atoms with Crippen LogP contribution in [0.3, 0.4) is 0 Å². The number of rotatable bonds is 5. The Morgan fingerprint density at radius 3 is 2.69 bits per heavy atom. The Kier molecular flexibility index (Phi) is 5.29. The zero-order valence-electron chi connectivity index (χ0n) is 14.5.